The van der Waals surface area contributed by atoms with E-state index in [1.165, 1.54) is 11.1 Å². The summed E-state index contributed by atoms with van der Waals surface area (Å²) >= 11 is 0. The lowest BCUT2D eigenvalue weighted by Gasteiger charge is -2.42. The van der Waals surface area contributed by atoms with Crippen molar-refractivity contribution in [3.63, 3.8) is 0 Å². The fraction of sp³-hybridized carbons (Fsp3) is 0. The van der Waals surface area contributed by atoms with Gasteiger partial charge in [-0.15, -0.1) is 0 Å². The molecule has 0 aliphatic carbocycles. The lowest BCUT2D eigenvalue weighted by atomic mass is 9.78. The number of hydrogen-bond donors (Lipinski definition) is 0. The van der Waals surface area contributed by atoms with Crippen LogP contribution in [-0.4, -0.2) is 8.41 Å². The third kappa shape index (κ3) is 8.58. The SMILES string of the molecule is [BH4-].c1ccc(-c2cc([N+](c3ccccc3)(c3ccccc3)c3cc(-c4ccccc4)c(-c4ccccc4)c(-c4ccccc4)c3-c3ccccc3)c(-c3ccccc3)c(-c3ccccc3)c2-c2ccccc2)cc1. The van der Waals surface area contributed by atoms with Crippen molar-refractivity contribution >= 4 is 31.2 Å². The summed E-state index contributed by atoms with van der Waals surface area (Å²) in [5, 5.41) is 0. The van der Waals surface area contributed by atoms with Crippen LogP contribution in [0, 0.1) is 0 Å². The lowest BCUT2D eigenvalue weighted by molar-refractivity contribution is 0.708. The van der Waals surface area contributed by atoms with Crippen LogP contribution in [0.25, 0.3) is 89.0 Å². The molecule has 0 bridgehead atoms. The van der Waals surface area contributed by atoms with Crippen LogP contribution in [0.2, 0.25) is 0 Å². The van der Waals surface area contributed by atoms with E-state index in [0.29, 0.717) is 0 Å². The first-order valence-corrected chi connectivity index (χ1v) is 25.2. The van der Waals surface area contributed by atoms with Gasteiger partial charge in [0.1, 0.15) is 11.4 Å². The van der Waals surface area contributed by atoms with Crippen molar-refractivity contribution in [3.05, 3.63) is 315 Å². The van der Waals surface area contributed by atoms with Crippen LogP contribution in [0.5, 0.6) is 0 Å². The first-order chi connectivity index (χ1) is 36.3. The molecule has 0 aliphatic rings. The highest BCUT2D eigenvalue weighted by Gasteiger charge is 2.46. The van der Waals surface area contributed by atoms with Crippen molar-refractivity contribution in [2.24, 2.45) is 0 Å². The van der Waals surface area contributed by atoms with Crippen molar-refractivity contribution in [1.29, 1.82) is 0 Å². The van der Waals surface area contributed by atoms with Crippen LogP contribution in [0.15, 0.2) is 315 Å². The van der Waals surface area contributed by atoms with E-state index in [4.69, 9.17) is 0 Å². The van der Waals surface area contributed by atoms with Gasteiger partial charge in [0.2, 0.25) is 0 Å². The van der Waals surface area contributed by atoms with E-state index in [2.05, 4.69) is 315 Å². The second-order valence-corrected chi connectivity index (χ2v) is 18.4. The third-order valence-electron chi connectivity index (χ3n) is 14.2. The largest absolute Gasteiger partial charge is 0.193 e. The Morgan fingerprint density at radius 2 is 0.365 bits per heavy atom. The van der Waals surface area contributed by atoms with Gasteiger partial charge in [0, 0.05) is 47.5 Å². The monoisotopic (exact) mass is 945 g/mol. The molecule has 0 amide bonds. The number of hydrogen-bond acceptors (Lipinski definition) is 0. The summed E-state index contributed by atoms with van der Waals surface area (Å²) in [6, 6.07) is 116. The molecule has 74 heavy (non-hydrogen) atoms. The van der Waals surface area contributed by atoms with Crippen molar-refractivity contribution in [3.8, 4) is 89.0 Å². The van der Waals surface area contributed by atoms with E-state index in [1.807, 2.05) is 0 Å². The van der Waals surface area contributed by atoms with Gasteiger partial charge in [0.15, 0.2) is 11.4 Å². The Morgan fingerprint density at radius 3 is 0.608 bits per heavy atom. The molecule has 0 heterocycles. The maximum atomic E-state index is 2.54. The van der Waals surface area contributed by atoms with Crippen LogP contribution >= 0.6 is 0 Å². The molecule has 0 saturated carbocycles. The molecule has 0 aromatic heterocycles. The zero-order chi connectivity index (χ0) is 48.8. The van der Waals surface area contributed by atoms with Crippen LogP contribution in [0.3, 0.4) is 0 Å². The number of benzene rings is 12. The normalized spacial score (nSPS) is 11.1. The molecular formula is C72H56BN. The van der Waals surface area contributed by atoms with E-state index in [-0.39, 0.29) is 12.9 Å². The molecule has 12 aromatic carbocycles. The highest BCUT2D eigenvalue weighted by atomic mass is 15.4. The highest BCUT2D eigenvalue weighted by molar-refractivity contribution is 6.12. The third-order valence-corrected chi connectivity index (χ3v) is 14.2. The van der Waals surface area contributed by atoms with Crippen molar-refractivity contribution in [2.75, 3.05) is 0 Å². The van der Waals surface area contributed by atoms with Gasteiger partial charge in [-0.05, 0) is 66.8 Å². The molecule has 0 unspecified atom stereocenters. The molecule has 0 radical (unpaired) electrons. The summed E-state index contributed by atoms with van der Waals surface area (Å²) < 4.78 is 0.222. The van der Waals surface area contributed by atoms with Crippen LogP contribution < -0.4 is 4.48 Å². The Bertz CT molecular complexity index is 3510. The molecule has 352 valence electrons. The van der Waals surface area contributed by atoms with Crippen molar-refractivity contribution in [2.45, 2.75) is 0 Å². The molecule has 12 aromatic rings. The summed E-state index contributed by atoms with van der Waals surface area (Å²) in [6.07, 6.45) is 0. The fourth-order valence-electron chi connectivity index (χ4n) is 11.1. The Labute approximate surface area is 437 Å². The van der Waals surface area contributed by atoms with Gasteiger partial charge < -0.3 is 0 Å². The van der Waals surface area contributed by atoms with Gasteiger partial charge in [0.05, 0.1) is 11.1 Å². The minimum Gasteiger partial charge on any atom is -0.193 e. The maximum absolute atomic E-state index is 2.54. The van der Waals surface area contributed by atoms with Crippen molar-refractivity contribution in [1.82, 2.24) is 4.48 Å². The van der Waals surface area contributed by atoms with E-state index >= 15 is 0 Å². The number of rotatable bonds is 12. The van der Waals surface area contributed by atoms with E-state index < -0.39 is 0 Å². The van der Waals surface area contributed by atoms with Gasteiger partial charge in [-0.25, -0.2) is 0 Å². The molecule has 0 aliphatic heterocycles. The molecule has 0 fully saturated rings. The number of para-hydroxylation sites is 2. The van der Waals surface area contributed by atoms with Crippen LogP contribution in [-0.2, 0) is 0 Å². The minimum atomic E-state index is 0. The highest BCUT2D eigenvalue weighted by Crippen LogP contribution is 2.63. The molecule has 2 heteroatoms. The zero-order valence-corrected chi connectivity index (χ0v) is 40.5. The van der Waals surface area contributed by atoms with Crippen LogP contribution in [0.4, 0.5) is 22.7 Å². The Morgan fingerprint density at radius 1 is 0.176 bits per heavy atom. The Balaban J connectivity index is 0.00000588. The predicted octanol–water partition coefficient (Wildman–Crippen LogP) is 18.9. The van der Waals surface area contributed by atoms with Gasteiger partial charge in [-0.1, -0.05) is 287 Å². The number of nitrogens with zero attached hydrogens (tertiary/aromatic N) is 1. The summed E-state index contributed by atoms with van der Waals surface area (Å²) in [6.45, 7) is 0. The molecule has 0 spiro atoms. The molecule has 1 nitrogen and oxygen atoms in total. The second kappa shape index (κ2) is 21.2. The first-order valence-electron chi connectivity index (χ1n) is 25.2. The van der Waals surface area contributed by atoms with Gasteiger partial charge in [-0.2, -0.15) is 4.48 Å². The minimum absolute atomic E-state index is 0. The first kappa shape index (κ1) is 47.0. The Kier molecular flexibility index (Phi) is 13.5. The molecule has 0 saturated heterocycles. The van der Waals surface area contributed by atoms with Crippen LogP contribution in [0.1, 0.15) is 0 Å². The van der Waals surface area contributed by atoms with E-state index in [0.717, 1.165) is 101 Å². The van der Waals surface area contributed by atoms with Gasteiger partial charge in [0.25, 0.3) is 0 Å². The summed E-state index contributed by atoms with van der Waals surface area (Å²) in [4.78, 5) is 0. The summed E-state index contributed by atoms with van der Waals surface area (Å²) in [5.41, 5.74) is 22.8. The van der Waals surface area contributed by atoms with E-state index in [9.17, 15) is 0 Å². The molecular weight excluding hydrogens is 890 g/mol. The molecule has 12 rings (SSSR count). The average molecular weight is 946 g/mol. The Hall–Kier alpha value is -9.34. The lowest BCUT2D eigenvalue weighted by Crippen LogP contribution is -2.35. The topological polar surface area (TPSA) is 0 Å². The quantitative estimate of drug-likeness (QED) is 0.0846. The number of quaternary nitrogens is 1. The van der Waals surface area contributed by atoms with E-state index in [1.54, 1.807) is 0 Å². The fourth-order valence-corrected chi connectivity index (χ4v) is 11.1. The predicted molar refractivity (Wildman–Crippen MR) is 321 cm³/mol. The molecule has 0 N–H and O–H groups in total. The van der Waals surface area contributed by atoms with Crippen molar-refractivity contribution < 1.29 is 0 Å². The second-order valence-electron chi connectivity index (χ2n) is 18.4. The van der Waals surface area contributed by atoms with Gasteiger partial charge in [-0.3, -0.25) is 0 Å². The average Bonchev–Trinajstić information content (AvgIpc) is 3.51. The summed E-state index contributed by atoms with van der Waals surface area (Å²) in [7, 11) is 0. The maximum Gasteiger partial charge on any atom is 0.157 e. The zero-order valence-electron chi connectivity index (χ0n) is 40.5. The standard InChI is InChI=1S/C72H52N.BH4/c1-11-31-53(32-12-1)63-51-65(69(57-39-19-5-20-40-57)71(59-43-23-7-24-44-59)67(63)55-35-15-3-16-36-55)73(61-47-27-9-28-48-61,62-49-29-10-30-50-62)66-52-64(54-33-13-2-14-34-54)68(56-37-17-4-18-38-56)72(60-45-25-8-26-46-60)70(66)58-41-21-6-22-42-58;/h1-52H;1H4/q+1;-1. The summed E-state index contributed by atoms with van der Waals surface area (Å²) in [5.74, 6) is 0. The smallest absolute Gasteiger partial charge is 0.157 e. The molecule has 0 atom stereocenters. The van der Waals surface area contributed by atoms with Gasteiger partial charge >= 0.3 is 0 Å².